The van der Waals surface area contributed by atoms with E-state index in [-0.39, 0.29) is 18.3 Å². The molecule has 0 radical (unpaired) electrons. The van der Waals surface area contributed by atoms with Crippen LogP contribution in [0.2, 0.25) is 5.02 Å². The van der Waals surface area contributed by atoms with Gasteiger partial charge in [0.25, 0.3) is 0 Å². The third kappa shape index (κ3) is 4.30. The molecule has 0 bridgehead atoms. The lowest BCUT2D eigenvalue weighted by Gasteiger charge is -2.08. The number of nitrogens with one attached hydrogen (secondary N) is 1. The highest BCUT2D eigenvalue weighted by Crippen LogP contribution is 2.18. The first-order chi connectivity index (χ1) is 14.0. The van der Waals surface area contributed by atoms with Crippen LogP contribution in [-0.4, -0.2) is 35.9 Å². The molecule has 8 nitrogen and oxygen atoms in total. The molecule has 2 heterocycles. The van der Waals surface area contributed by atoms with Crippen LogP contribution < -0.4 is 5.32 Å². The van der Waals surface area contributed by atoms with Crippen molar-refractivity contribution in [2.45, 2.75) is 13.5 Å². The molecular weight excluding hydrogens is 397 g/mol. The lowest BCUT2D eigenvalue weighted by atomic mass is 10.2. The predicted molar refractivity (Wildman–Crippen MR) is 105 cm³/mol. The summed E-state index contributed by atoms with van der Waals surface area (Å²) in [6, 6.07) is 14.5. The van der Waals surface area contributed by atoms with E-state index in [1.165, 1.54) is 21.6 Å². The molecule has 1 amide bonds. The van der Waals surface area contributed by atoms with Gasteiger partial charge in [-0.15, -0.1) is 10.2 Å². The fourth-order valence-corrected chi connectivity index (χ4v) is 2.83. The Balaban J connectivity index is 1.48. The number of aromatic nitrogens is 6. The molecule has 0 fully saturated rings. The molecule has 10 heteroatoms. The van der Waals surface area contributed by atoms with Gasteiger partial charge in [0.15, 0.2) is 0 Å². The van der Waals surface area contributed by atoms with Gasteiger partial charge in [-0.05, 0) is 60.7 Å². The normalized spacial score (nSPS) is 10.9. The fourth-order valence-electron chi connectivity index (χ4n) is 2.70. The lowest BCUT2D eigenvalue weighted by molar-refractivity contribution is -0.117. The lowest BCUT2D eigenvalue weighted by Crippen LogP contribution is -2.22. The summed E-state index contributed by atoms with van der Waals surface area (Å²) in [5.74, 6) is 0.143. The molecule has 0 atom stereocenters. The minimum absolute atomic E-state index is 0.131. The topological polar surface area (TPSA) is 90.5 Å². The number of carbonyl (C=O) groups excluding carboxylic acids is 1. The Morgan fingerprint density at radius 3 is 2.55 bits per heavy atom. The maximum absolute atomic E-state index is 13.2. The summed E-state index contributed by atoms with van der Waals surface area (Å²) in [7, 11) is 0. The molecule has 0 spiro atoms. The summed E-state index contributed by atoms with van der Waals surface area (Å²) in [6.07, 6.45) is 0. The van der Waals surface area contributed by atoms with Crippen LogP contribution >= 0.6 is 11.6 Å². The summed E-state index contributed by atoms with van der Waals surface area (Å²) in [4.78, 5) is 13.7. The summed E-state index contributed by atoms with van der Waals surface area (Å²) >= 11 is 5.88. The van der Waals surface area contributed by atoms with E-state index in [1.807, 2.05) is 0 Å². The number of hydrogen-bond donors (Lipinski definition) is 1. The molecule has 1 N–H and O–H groups in total. The first-order valence-corrected chi connectivity index (χ1v) is 9.02. The van der Waals surface area contributed by atoms with Crippen molar-refractivity contribution in [1.82, 2.24) is 30.0 Å². The summed E-state index contributed by atoms with van der Waals surface area (Å²) in [6.45, 7) is 1.67. The number of carbonyl (C=O) groups is 1. The maximum atomic E-state index is 13.2. The zero-order valence-corrected chi connectivity index (χ0v) is 16.0. The summed E-state index contributed by atoms with van der Waals surface area (Å²) < 4.78 is 14.7. The fraction of sp³-hybridized carbons (Fsp3) is 0.105. The summed E-state index contributed by atoms with van der Waals surface area (Å²) in [5, 5.41) is 19.8. The Morgan fingerprint density at radius 2 is 1.83 bits per heavy atom. The van der Waals surface area contributed by atoms with Crippen LogP contribution in [0.15, 0.2) is 54.6 Å². The zero-order valence-electron chi connectivity index (χ0n) is 15.3. The Labute approximate surface area is 169 Å². The number of benzene rings is 2. The average molecular weight is 412 g/mol. The smallest absolute Gasteiger partial charge is 0.249 e. The van der Waals surface area contributed by atoms with E-state index in [9.17, 15) is 9.18 Å². The second kappa shape index (κ2) is 7.80. The van der Waals surface area contributed by atoms with E-state index in [0.29, 0.717) is 28.0 Å². The number of amides is 1. The van der Waals surface area contributed by atoms with Gasteiger partial charge in [-0.2, -0.15) is 9.90 Å². The molecule has 0 aliphatic carbocycles. The molecule has 29 heavy (non-hydrogen) atoms. The molecule has 146 valence electrons. The quantitative estimate of drug-likeness (QED) is 0.544. The minimum Gasteiger partial charge on any atom is -0.309 e. The molecule has 4 rings (SSSR count). The maximum Gasteiger partial charge on any atom is 0.249 e. The van der Waals surface area contributed by atoms with Gasteiger partial charge in [-0.25, -0.2) is 9.07 Å². The van der Waals surface area contributed by atoms with Crippen LogP contribution in [0.5, 0.6) is 0 Å². The Kier molecular flexibility index (Phi) is 5.05. The van der Waals surface area contributed by atoms with E-state index in [2.05, 4.69) is 25.8 Å². The van der Waals surface area contributed by atoms with Gasteiger partial charge in [0.2, 0.25) is 11.7 Å². The molecule has 0 saturated carbocycles. The number of rotatable bonds is 5. The largest absolute Gasteiger partial charge is 0.309 e. The van der Waals surface area contributed by atoms with Crippen LogP contribution in [0.3, 0.4) is 0 Å². The second-order valence-corrected chi connectivity index (χ2v) is 6.69. The third-order valence-electron chi connectivity index (χ3n) is 4.01. The third-order valence-corrected chi connectivity index (χ3v) is 4.26. The van der Waals surface area contributed by atoms with Gasteiger partial charge in [0, 0.05) is 16.7 Å². The Bertz CT molecular complexity index is 1150. The van der Waals surface area contributed by atoms with Crippen LogP contribution in [0.25, 0.3) is 17.1 Å². The minimum atomic E-state index is -0.353. The summed E-state index contributed by atoms with van der Waals surface area (Å²) in [5.41, 5.74) is 2.07. The van der Waals surface area contributed by atoms with Crippen molar-refractivity contribution in [3.05, 3.63) is 71.1 Å². The van der Waals surface area contributed by atoms with Crippen molar-refractivity contribution < 1.29 is 9.18 Å². The molecule has 2 aromatic carbocycles. The highest BCUT2D eigenvalue weighted by molar-refractivity contribution is 6.30. The van der Waals surface area contributed by atoms with Crippen LogP contribution in [0.1, 0.15) is 5.69 Å². The van der Waals surface area contributed by atoms with E-state index in [4.69, 9.17) is 11.6 Å². The molecule has 0 unspecified atom stereocenters. The van der Waals surface area contributed by atoms with Crippen molar-refractivity contribution in [3.8, 4) is 17.1 Å². The van der Waals surface area contributed by atoms with E-state index in [1.54, 1.807) is 49.4 Å². The number of anilines is 1. The first-order valence-electron chi connectivity index (χ1n) is 8.64. The molecule has 0 aliphatic heterocycles. The SMILES string of the molecule is Cc1cc(NC(=O)Cn2nnc(-c3ccc(Cl)cc3)n2)n(-c2ccc(F)cc2)n1. The Morgan fingerprint density at radius 1 is 1.10 bits per heavy atom. The standard InChI is InChI=1S/C19H15ClFN7O/c1-12-10-17(28(24-12)16-8-6-15(21)7-9-16)22-18(29)11-27-25-19(23-26-27)13-2-4-14(20)5-3-13/h2-10H,11H2,1H3,(H,22,29). The van der Waals surface area contributed by atoms with Crippen molar-refractivity contribution in [1.29, 1.82) is 0 Å². The molecule has 0 aliphatic rings. The molecule has 0 saturated heterocycles. The number of nitrogens with zero attached hydrogens (tertiary/aromatic N) is 6. The first kappa shape index (κ1) is 18.8. The van der Waals surface area contributed by atoms with E-state index in [0.717, 1.165) is 5.56 Å². The van der Waals surface area contributed by atoms with Gasteiger partial charge >= 0.3 is 0 Å². The van der Waals surface area contributed by atoms with Gasteiger partial charge in [-0.1, -0.05) is 11.6 Å². The highest BCUT2D eigenvalue weighted by Gasteiger charge is 2.14. The second-order valence-electron chi connectivity index (χ2n) is 6.26. The number of hydrogen-bond acceptors (Lipinski definition) is 5. The zero-order chi connectivity index (χ0) is 20.4. The van der Waals surface area contributed by atoms with Gasteiger partial charge < -0.3 is 5.32 Å². The number of tetrazole rings is 1. The van der Waals surface area contributed by atoms with Gasteiger partial charge in [0.1, 0.15) is 18.2 Å². The monoisotopic (exact) mass is 411 g/mol. The van der Waals surface area contributed by atoms with Crippen LogP contribution in [0.4, 0.5) is 10.2 Å². The Hall–Kier alpha value is -3.59. The van der Waals surface area contributed by atoms with Crippen LogP contribution in [-0.2, 0) is 11.3 Å². The van der Waals surface area contributed by atoms with E-state index < -0.39 is 0 Å². The van der Waals surface area contributed by atoms with Crippen molar-refractivity contribution in [2.24, 2.45) is 0 Å². The molecular formula is C19H15ClFN7O. The molecule has 4 aromatic rings. The van der Waals surface area contributed by atoms with Crippen LogP contribution in [0, 0.1) is 12.7 Å². The average Bonchev–Trinajstić information content (AvgIpc) is 3.29. The van der Waals surface area contributed by atoms with E-state index >= 15 is 0 Å². The van der Waals surface area contributed by atoms with Gasteiger partial charge in [-0.3, -0.25) is 4.79 Å². The molecule has 2 aromatic heterocycles. The van der Waals surface area contributed by atoms with Crippen molar-refractivity contribution in [3.63, 3.8) is 0 Å². The number of halogens is 2. The van der Waals surface area contributed by atoms with Gasteiger partial charge in [0.05, 0.1) is 11.4 Å². The predicted octanol–water partition coefficient (Wildman–Crippen LogP) is 3.27. The highest BCUT2D eigenvalue weighted by atomic mass is 35.5. The van der Waals surface area contributed by atoms with Crippen molar-refractivity contribution >= 4 is 23.3 Å². The van der Waals surface area contributed by atoms with Crippen molar-refractivity contribution in [2.75, 3.05) is 5.32 Å². The number of aryl methyl sites for hydroxylation is 1.